The Kier molecular flexibility index (Phi) is 4.42. The van der Waals surface area contributed by atoms with Crippen molar-refractivity contribution in [2.24, 2.45) is 0 Å². The van der Waals surface area contributed by atoms with Crippen molar-refractivity contribution in [1.29, 1.82) is 0 Å². The Morgan fingerprint density at radius 1 is 1.13 bits per heavy atom. The average molecular weight is 310 g/mol. The van der Waals surface area contributed by atoms with Crippen LogP contribution in [0, 0.1) is 0 Å². The molecule has 2 aliphatic rings. The zero-order valence-electron chi connectivity index (χ0n) is 13.5. The van der Waals surface area contributed by atoms with Crippen LogP contribution < -0.4 is 5.43 Å². The molecule has 4 nitrogen and oxygen atoms in total. The van der Waals surface area contributed by atoms with E-state index in [-0.39, 0.29) is 5.41 Å². The Balaban J connectivity index is 2.03. The van der Waals surface area contributed by atoms with Gasteiger partial charge in [0.1, 0.15) is 5.76 Å². The molecular weight excluding hydrogens is 288 g/mol. The molecule has 1 atom stereocenters. The molecule has 0 fully saturated rings. The van der Waals surface area contributed by atoms with Gasteiger partial charge in [0.25, 0.3) is 0 Å². The number of hydrogen-bond acceptors (Lipinski definition) is 4. The van der Waals surface area contributed by atoms with Gasteiger partial charge in [-0.2, -0.15) is 0 Å². The summed E-state index contributed by atoms with van der Waals surface area (Å²) in [6, 6.07) is 10.4. The molecule has 1 aromatic rings. The number of allylic oxidation sites excluding steroid dienone is 4. The number of methoxy groups -OCH3 is 2. The van der Waals surface area contributed by atoms with Crippen molar-refractivity contribution in [2.75, 3.05) is 20.8 Å². The van der Waals surface area contributed by atoms with Crippen molar-refractivity contribution in [2.45, 2.75) is 11.8 Å². The van der Waals surface area contributed by atoms with E-state index < -0.39 is 0 Å². The summed E-state index contributed by atoms with van der Waals surface area (Å²) in [5.41, 5.74) is 3.99. The van der Waals surface area contributed by atoms with E-state index in [4.69, 9.17) is 9.47 Å². The lowest BCUT2D eigenvalue weighted by atomic mass is 9.73. The fourth-order valence-corrected chi connectivity index (χ4v) is 3.03. The molecule has 0 aromatic heterocycles. The molecule has 0 amide bonds. The second-order valence-electron chi connectivity index (χ2n) is 5.59. The predicted molar refractivity (Wildman–Crippen MR) is 91.0 cm³/mol. The maximum atomic E-state index is 5.72. The van der Waals surface area contributed by atoms with Gasteiger partial charge in [0.2, 0.25) is 0 Å². The standard InChI is InChI=1S/C19H22N2O2/c1-22-17-9-10-18(23-2)19(15-17,16-7-4-3-5-8-16)11-14-21-13-6-12-20-21/h3-12,14,20H,13,15H2,1-2H3. The van der Waals surface area contributed by atoms with Crippen LogP contribution >= 0.6 is 0 Å². The zero-order chi connectivity index (χ0) is 16.1. The van der Waals surface area contributed by atoms with Crippen molar-refractivity contribution in [3.63, 3.8) is 0 Å². The first-order chi connectivity index (χ1) is 11.3. The number of benzene rings is 1. The zero-order valence-corrected chi connectivity index (χ0v) is 13.5. The molecule has 0 spiro atoms. The third kappa shape index (κ3) is 2.97. The maximum Gasteiger partial charge on any atom is 0.110 e. The Morgan fingerprint density at radius 3 is 2.61 bits per heavy atom. The minimum absolute atomic E-state index is 0.375. The number of hydrazine groups is 1. The maximum absolute atomic E-state index is 5.72. The van der Waals surface area contributed by atoms with Gasteiger partial charge in [-0.05, 0) is 29.9 Å². The van der Waals surface area contributed by atoms with Gasteiger partial charge in [-0.3, -0.25) is 5.01 Å². The molecule has 0 radical (unpaired) electrons. The second-order valence-corrected chi connectivity index (χ2v) is 5.59. The van der Waals surface area contributed by atoms with Crippen molar-refractivity contribution >= 4 is 0 Å². The van der Waals surface area contributed by atoms with Gasteiger partial charge < -0.3 is 14.9 Å². The van der Waals surface area contributed by atoms with E-state index in [1.165, 1.54) is 5.56 Å². The van der Waals surface area contributed by atoms with Gasteiger partial charge in [0.15, 0.2) is 0 Å². The van der Waals surface area contributed by atoms with Crippen LogP contribution in [0.5, 0.6) is 0 Å². The summed E-state index contributed by atoms with van der Waals surface area (Å²) < 4.78 is 11.2. The quantitative estimate of drug-likeness (QED) is 0.905. The SMILES string of the molecule is COC1=CC=C(OC)C(C=CN2CC=CN2)(c2ccccc2)C1. The Bertz CT molecular complexity index is 653. The van der Waals surface area contributed by atoms with Crippen LogP contribution in [0.2, 0.25) is 0 Å². The topological polar surface area (TPSA) is 33.7 Å². The van der Waals surface area contributed by atoms with E-state index in [1.54, 1.807) is 14.2 Å². The third-order valence-electron chi connectivity index (χ3n) is 4.28. The van der Waals surface area contributed by atoms with Gasteiger partial charge >= 0.3 is 0 Å². The second kappa shape index (κ2) is 6.65. The Hall–Kier alpha value is -2.62. The average Bonchev–Trinajstić information content (AvgIpc) is 3.14. The highest BCUT2D eigenvalue weighted by molar-refractivity contribution is 5.45. The van der Waals surface area contributed by atoms with Gasteiger partial charge in [-0.15, -0.1) is 0 Å². The number of ether oxygens (including phenoxy) is 2. The largest absolute Gasteiger partial charge is 0.501 e. The lowest BCUT2D eigenvalue weighted by Crippen LogP contribution is -2.32. The van der Waals surface area contributed by atoms with Crippen molar-refractivity contribution in [3.8, 4) is 0 Å². The molecule has 1 unspecified atom stereocenters. The predicted octanol–water partition coefficient (Wildman–Crippen LogP) is 3.24. The summed E-state index contributed by atoms with van der Waals surface area (Å²) in [6.45, 7) is 0.848. The molecule has 1 aliphatic carbocycles. The van der Waals surface area contributed by atoms with E-state index in [0.717, 1.165) is 24.5 Å². The first-order valence-electron chi connectivity index (χ1n) is 7.70. The first kappa shape index (κ1) is 15.3. The Labute approximate surface area is 137 Å². The summed E-state index contributed by atoms with van der Waals surface area (Å²) in [4.78, 5) is 0. The van der Waals surface area contributed by atoms with E-state index in [2.05, 4.69) is 48.0 Å². The number of rotatable bonds is 5. The summed E-state index contributed by atoms with van der Waals surface area (Å²) in [5, 5.41) is 2.03. The smallest absolute Gasteiger partial charge is 0.110 e. The van der Waals surface area contributed by atoms with E-state index in [1.807, 2.05) is 29.4 Å². The van der Waals surface area contributed by atoms with Crippen LogP contribution in [0.1, 0.15) is 12.0 Å². The number of nitrogens with one attached hydrogen (secondary N) is 1. The van der Waals surface area contributed by atoms with Crippen molar-refractivity contribution < 1.29 is 9.47 Å². The summed E-state index contributed by atoms with van der Waals surface area (Å²) in [6.07, 6.45) is 13.0. The van der Waals surface area contributed by atoms with E-state index in [9.17, 15) is 0 Å². The van der Waals surface area contributed by atoms with E-state index >= 15 is 0 Å². The van der Waals surface area contributed by atoms with Gasteiger partial charge in [-0.1, -0.05) is 30.3 Å². The fourth-order valence-electron chi connectivity index (χ4n) is 3.03. The van der Waals surface area contributed by atoms with Crippen LogP contribution in [-0.4, -0.2) is 25.8 Å². The van der Waals surface area contributed by atoms with Gasteiger partial charge in [-0.25, -0.2) is 0 Å². The summed E-state index contributed by atoms with van der Waals surface area (Å²) >= 11 is 0. The monoisotopic (exact) mass is 310 g/mol. The molecular formula is C19H22N2O2. The van der Waals surface area contributed by atoms with Crippen LogP contribution in [0.4, 0.5) is 0 Å². The molecule has 0 saturated heterocycles. The molecule has 1 aliphatic heterocycles. The normalized spacial score (nSPS) is 23.5. The summed E-state index contributed by atoms with van der Waals surface area (Å²) in [5.74, 6) is 1.85. The van der Waals surface area contributed by atoms with Crippen LogP contribution in [0.15, 0.2) is 78.6 Å². The van der Waals surface area contributed by atoms with Crippen LogP contribution in [0.25, 0.3) is 0 Å². The number of nitrogens with zero attached hydrogens (tertiary/aromatic N) is 1. The highest BCUT2D eigenvalue weighted by atomic mass is 16.5. The molecule has 1 aromatic carbocycles. The van der Waals surface area contributed by atoms with E-state index in [0.29, 0.717) is 0 Å². The van der Waals surface area contributed by atoms with Gasteiger partial charge in [0.05, 0.1) is 31.9 Å². The molecule has 23 heavy (non-hydrogen) atoms. The Morgan fingerprint density at radius 2 is 1.96 bits per heavy atom. The molecule has 1 N–H and O–H groups in total. The third-order valence-corrected chi connectivity index (χ3v) is 4.28. The van der Waals surface area contributed by atoms with Crippen LogP contribution in [-0.2, 0) is 14.9 Å². The van der Waals surface area contributed by atoms with Crippen molar-refractivity contribution in [1.82, 2.24) is 10.4 Å². The molecule has 120 valence electrons. The summed E-state index contributed by atoms with van der Waals surface area (Å²) in [7, 11) is 3.43. The minimum Gasteiger partial charge on any atom is -0.501 e. The molecule has 3 rings (SSSR count). The first-order valence-corrected chi connectivity index (χ1v) is 7.70. The van der Waals surface area contributed by atoms with Gasteiger partial charge in [0, 0.05) is 18.8 Å². The lowest BCUT2D eigenvalue weighted by molar-refractivity contribution is 0.204. The molecule has 4 heteroatoms. The molecule has 1 heterocycles. The molecule has 0 bridgehead atoms. The molecule has 0 saturated carbocycles. The highest BCUT2D eigenvalue weighted by Crippen LogP contribution is 2.42. The van der Waals surface area contributed by atoms with Crippen molar-refractivity contribution in [3.05, 3.63) is 84.1 Å². The fraction of sp³-hybridized carbons (Fsp3) is 0.263. The highest BCUT2D eigenvalue weighted by Gasteiger charge is 2.38. The lowest BCUT2D eigenvalue weighted by Gasteiger charge is -2.36. The van der Waals surface area contributed by atoms with Crippen LogP contribution in [0.3, 0.4) is 0 Å². The number of hydrogen-bond donors (Lipinski definition) is 1. The minimum atomic E-state index is -0.375.